The fraction of sp³-hybridized carbons (Fsp3) is 0.462. The van der Waals surface area contributed by atoms with E-state index in [1.807, 2.05) is 12.1 Å². The number of hydrogen-bond acceptors (Lipinski definition) is 5. The number of aliphatic hydroxyl groups is 4. The van der Waals surface area contributed by atoms with Gasteiger partial charge in [0, 0.05) is 14.9 Å². The maximum Gasteiger partial charge on any atom is 0.112 e. The number of hydrogen-bond donors (Lipinski definition) is 5. The Hall–Kier alpha value is -0.510. The van der Waals surface area contributed by atoms with Gasteiger partial charge < -0.3 is 25.4 Å². The monoisotopic (exact) mass is 422 g/mol. The summed E-state index contributed by atoms with van der Waals surface area (Å²) in [6, 6.07) is 3.69. The van der Waals surface area contributed by atoms with Crippen LogP contribution in [0.1, 0.15) is 18.7 Å². The van der Waals surface area contributed by atoms with E-state index in [-0.39, 0.29) is 0 Å². The van der Waals surface area contributed by atoms with Gasteiger partial charge in [0.15, 0.2) is 0 Å². The highest BCUT2D eigenvalue weighted by atomic mass is 79.9. The second-order valence-electron chi connectivity index (χ2n) is 4.93. The highest BCUT2D eigenvalue weighted by Gasteiger charge is 2.31. The highest BCUT2D eigenvalue weighted by Crippen LogP contribution is 2.29. The van der Waals surface area contributed by atoms with Crippen LogP contribution in [0.15, 0.2) is 21.1 Å². The quantitative estimate of drug-likeness (QED) is 0.497. The molecule has 116 valence electrons. The summed E-state index contributed by atoms with van der Waals surface area (Å²) in [6.45, 7) is 1.06. The minimum Gasteiger partial charge on any atom is -0.394 e. The summed E-state index contributed by atoms with van der Waals surface area (Å²) >= 11 is 6.79. The van der Waals surface area contributed by atoms with Crippen molar-refractivity contribution in [2.45, 2.75) is 31.2 Å². The van der Waals surface area contributed by atoms with E-state index in [0.717, 1.165) is 20.0 Å². The molecule has 0 spiro atoms. The zero-order chi connectivity index (χ0) is 15.7. The van der Waals surface area contributed by atoms with Crippen molar-refractivity contribution in [1.29, 1.82) is 0 Å². The molecule has 2 aromatic rings. The van der Waals surface area contributed by atoms with Gasteiger partial charge in [-0.25, -0.2) is 4.98 Å². The number of aliphatic hydroxyl groups excluding tert-OH is 4. The summed E-state index contributed by atoms with van der Waals surface area (Å²) in [5.41, 5.74) is 1.51. The molecule has 6 nitrogen and oxygen atoms in total. The molecule has 0 bridgehead atoms. The third-order valence-electron chi connectivity index (χ3n) is 3.42. The van der Waals surface area contributed by atoms with Crippen molar-refractivity contribution >= 4 is 42.9 Å². The van der Waals surface area contributed by atoms with Crippen LogP contribution in [0.4, 0.5) is 0 Å². The molecule has 0 aliphatic carbocycles. The minimum atomic E-state index is -1.45. The molecular weight excluding hydrogens is 408 g/mol. The van der Waals surface area contributed by atoms with Crippen molar-refractivity contribution in [1.82, 2.24) is 9.97 Å². The number of nitrogens with zero attached hydrogens (tertiary/aromatic N) is 1. The number of aromatic amines is 1. The fourth-order valence-corrected chi connectivity index (χ4v) is 2.71. The maximum absolute atomic E-state index is 10.1. The van der Waals surface area contributed by atoms with Gasteiger partial charge in [0.2, 0.25) is 0 Å². The van der Waals surface area contributed by atoms with E-state index >= 15 is 0 Å². The number of imidazole rings is 1. The number of aromatic nitrogens is 2. The summed E-state index contributed by atoms with van der Waals surface area (Å²) in [4.78, 5) is 7.46. The van der Waals surface area contributed by atoms with Gasteiger partial charge in [0.05, 0.1) is 23.7 Å². The molecule has 4 atom stereocenters. The molecule has 0 aliphatic rings. The molecule has 1 aromatic heterocycles. The lowest BCUT2D eigenvalue weighted by Gasteiger charge is -2.25. The first-order valence-electron chi connectivity index (χ1n) is 6.34. The number of fused-ring (bicyclic) bond motifs is 1. The lowest BCUT2D eigenvalue weighted by Crippen LogP contribution is -2.42. The van der Waals surface area contributed by atoms with Gasteiger partial charge in [0.25, 0.3) is 0 Å². The Labute approximate surface area is 138 Å². The lowest BCUT2D eigenvalue weighted by molar-refractivity contribution is -0.0832. The molecule has 5 N–H and O–H groups in total. The Morgan fingerprint density at radius 3 is 2.38 bits per heavy atom. The van der Waals surface area contributed by atoms with Crippen molar-refractivity contribution < 1.29 is 20.4 Å². The zero-order valence-electron chi connectivity index (χ0n) is 11.2. The van der Waals surface area contributed by atoms with E-state index in [1.54, 1.807) is 6.92 Å². The number of rotatable bonds is 5. The third-order valence-corrected chi connectivity index (χ3v) is 5.26. The second kappa shape index (κ2) is 6.72. The summed E-state index contributed by atoms with van der Waals surface area (Å²) in [7, 11) is 0. The maximum atomic E-state index is 10.1. The largest absolute Gasteiger partial charge is 0.394 e. The molecule has 0 fully saturated rings. The van der Waals surface area contributed by atoms with E-state index in [4.69, 9.17) is 5.11 Å². The van der Waals surface area contributed by atoms with Crippen LogP contribution in [0, 0.1) is 0 Å². The number of H-pyrrole nitrogens is 1. The fourth-order valence-electron chi connectivity index (χ4n) is 2.03. The Morgan fingerprint density at radius 2 is 1.76 bits per heavy atom. The first-order chi connectivity index (χ1) is 9.85. The first kappa shape index (κ1) is 16.9. The van der Waals surface area contributed by atoms with Gasteiger partial charge in [-0.05, 0) is 44.0 Å². The Balaban J connectivity index is 2.28. The smallest absolute Gasteiger partial charge is 0.112 e. The van der Waals surface area contributed by atoms with E-state index < -0.39 is 30.8 Å². The Bertz CT molecular complexity index is 595. The number of benzene rings is 1. The highest BCUT2D eigenvalue weighted by molar-refractivity contribution is 9.13. The molecule has 2 unspecified atom stereocenters. The molecule has 0 saturated heterocycles. The molecule has 0 amide bonds. The van der Waals surface area contributed by atoms with Crippen molar-refractivity contribution in [2.24, 2.45) is 0 Å². The van der Waals surface area contributed by atoms with E-state index in [1.165, 1.54) is 0 Å². The van der Waals surface area contributed by atoms with Gasteiger partial charge in [-0.2, -0.15) is 0 Å². The lowest BCUT2D eigenvalue weighted by atomic mass is 9.96. The normalized spacial score (nSPS) is 17.7. The molecule has 21 heavy (non-hydrogen) atoms. The van der Waals surface area contributed by atoms with Gasteiger partial charge in [-0.1, -0.05) is 6.92 Å². The SMILES string of the molecule is CC(c1nc2cc(Br)c(Br)cc2[nH]1)[C@@H](O)[C@H](O)C(O)CO. The van der Waals surface area contributed by atoms with Gasteiger partial charge in [-0.3, -0.25) is 0 Å². The van der Waals surface area contributed by atoms with Crippen molar-refractivity contribution in [2.75, 3.05) is 6.61 Å². The molecule has 0 aliphatic heterocycles. The van der Waals surface area contributed by atoms with Gasteiger partial charge in [-0.15, -0.1) is 0 Å². The third kappa shape index (κ3) is 3.46. The van der Waals surface area contributed by atoms with Crippen molar-refractivity contribution in [3.8, 4) is 0 Å². The standard InChI is InChI=1S/C13H16Br2N2O4/c1-5(11(20)12(21)10(19)4-18)13-16-8-2-6(14)7(15)3-9(8)17-13/h2-3,5,10-12,18-21H,4H2,1H3,(H,16,17)/t5?,10?,11-,12-/m1/s1. The zero-order valence-corrected chi connectivity index (χ0v) is 14.3. The van der Waals surface area contributed by atoms with Gasteiger partial charge >= 0.3 is 0 Å². The topological polar surface area (TPSA) is 110 Å². The molecule has 2 rings (SSSR count). The van der Waals surface area contributed by atoms with E-state index in [0.29, 0.717) is 5.82 Å². The Morgan fingerprint density at radius 1 is 1.14 bits per heavy atom. The van der Waals surface area contributed by atoms with Crippen molar-refractivity contribution in [3.05, 3.63) is 26.9 Å². The van der Waals surface area contributed by atoms with Gasteiger partial charge in [0.1, 0.15) is 18.0 Å². The van der Waals surface area contributed by atoms with Crippen LogP contribution in [0.3, 0.4) is 0 Å². The Kier molecular flexibility index (Phi) is 5.39. The molecule has 0 radical (unpaired) electrons. The van der Waals surface area contributed by atoms with Crippen LogP contribution in [0.25, 0.3) is 11.0 Å². The summed E-state index contributed by atoms with van der Waals surface area (Å²) in [5.74, 6) is -0.0437. The first-order valence-corrected chi connectivity index (χ1v) is 7.93. The minimum absolute atomic E-state index is 0.492. The number of nitrogens with one attached hydrogen (secondary N) is 1. The molecular formula is C13H16Br2N2O4. The van der Waals surface area contributed by atoms with Crippen LogP contribution in [-0.4, -0.2) is 55.3 Å². The second-order valence-corrected chi connectivity index (χ2v) is 6.63. The summed E-state index contributed by atoms with van der Waals surface area (Å²) < 4.78 is 1.73. The average molecular weight is 424 g/mol. The summed E-state index contributed by atoms with van der Waals surface area (Å²) in [5, 5.41) is 38.1. The van der Waals surface area contributed by atoms with Crippen LogP contribution in [-0.2, 0) is 0 Å². The van der Waals surface area contributed by atoms with Crippen molar-refractivity contribution in [3.63, 3.8) is 0 Å². The van der Waals surface area contributed by atoms with E-state index in [9.17, 15) is 15.3 Å². The predicted molar refractivity (Wildman–Crippen MR) is 85.0 cm³/mol. The molecule has 1 aromatic carbocycles. The summed E-state index contributed by atoms with van der Waals surface area (Å²) in [6.07, 6.45) is -4.09. The van der Waals surface area contributed by atoms with Crippen LogP contribution < -0.4 is 0 Å². The van der Waals surface area contributed by atoms with E-state index in [2.05, 4.69) is 41.8 Å². The van der Waals surface area contributed by atoms with Crippen LogP contribution >= 0.6 is 31.9 Å². The van der Waals surface area contributed by atoms with Crippen LogP contribution in [0.5, 0.6) is 0 Å². The predicted octanol–water partition coefficient (Wildman–Crippen LogP) is 1.27. The molecule has 8 heteroatoms. The molecule has 1 heterocycles. The number of halogens is 2. The average Bonchev–Trinajstić information content (AvgIpc) is 2.87. The van der Waals surface area contributed by atoms with Crippen LogP contribution in [0.2, 0.25) is 0 Å². The molecule has 0 saturated carbocycles.